The first-order valence-electron chi connectivity index (χ1n) is 14.1. The van der Waals surface area contributed by atoms with Gasteiger partial charge in [-0.2, -0.15) is 0 Å². The van der Waals surface area contributed by atoms with Gasteiger partial charge in [-0.05, 0) is 80.5 Å². The van der Waals surface area contributed by atoms with Crippen LogP contribution in [0.25, 0.3) is 0 Å². The fraction of sp³-hybridized carbons (Fsp3) is 0.394. The Morgan fingerprint density at radius 2 is 1.49 bits per heavy atom. The van der Waals surface area contributed by atoms with Gasteiger partial charge in [-0.1, -0.05) is 74.9 Å². The summed E-state index contributed by atoms with van der Waals surface area (Å²) in [6.45, 7) is 13.7. The zero-order chi connectivity index (χ0) is 30.3. The van der Waals surface area contributed by atoms with E-state index in [0.717, 1.165) is 27.8 Å². The second-order valence-electron chi connectivity index (χ2n) is 11.1. The molecule has 0 radical (unpaired) electrons. The zero-order valence-corrected chi connectivity index (χ0v) is 26.1. The van der Waals surface area contributed by atoms with Crippen molar-refractivity contribution in [2.75, 3.05) is 17.4 Å². The molecule has 0 aliphatic rings. The van der Waals surface area contributed by atoms with Gasteiger partial charge in [0.05, 0.1) is 10.6 Å². The highest BCUT2D eigenvalue weighted by atomic mass is 32.2. The Morgan fingerprint density at radius 3 is 2.10 bits per heavy atom. The average molecular weight is 578 g/mol. The summed E-state index contributed by atoms with van der Waals surface area (Å²) in [5.41, 5.74) is 4.93. The number of nitrogens with one attached hydrogen (secondary N) is 1. The first-order valence-corrected chi connectivity index (χ1v) is 15.6. The van der Waals surface area contributed by atoms with Gasteiger partial charge in [0.1, 0.15) is 12.6 Å². The van der Waals surface area contributed by atoms with Crippen LogP contribution in [0.2, 0.25) is 0 Å². The summed E-state index contributed by atoms with van der Waals surface area (Å²) in [7, 11) is -4.11. The molecule has 3 aromatic rings. The maximum atomic E-state index is 14.3. The third-order valence-electron chi connectivity index (χ3n) is 7.40. The van der Waals surface area contributed by atoms with Crippen LogP contribution in [0.1, 0.15) is 55.0 Å². The largest absolute Gasteiger partial charge is 0.354 e. The number of hydrogen-bond donors (Lipinski definition) is 1. The molecule has 0 bridgehead atoms. The smallest absolute Gasteiger partial charge is 0.264 e. The molecule has 3 aromatic carbocycles. The lowest BCUT2D eigenvalue weighted by atomic mass is 10.1. The maximum Gasteiger partial charge on any atom is 0.264 e. The third-order valence-corrected chi connectivity index (χ3v) is 9.18. The van der Waals surface area contributed by atoms with Crippen molar-refractivity contribution in [3.05, 3.63) is 94.5 Å². The lowest BCUT2D eigenvalue weighted by Gasteiger charge is -2.34. The highest BCUT2D eigenvalue weighted by Gasteiger charge is 2.34. The quantitative estimate of drug-likeness (QED) is 0.299. The van der Waals surface area contributed by atoms with Crippen molar-refractivity contribution in [2.24, 2.45) is 5.92 Å². The summed E-state index contributed by atoms with van der Waals surface area (Å²) >= 11 is 0. The summed E-state index contributed by atoms with van der Waals surface area (Å²) < 4.78 is 29.4. The molecular weight excluding hydrogens is 534 g/mol. The monoisotopic (exact) mass is 577 g/mol. The van der Waals surface area contributed by atoms with Crippen molar-refractivity contribution >= 4 is 27.5 Å². The minimum atomic E-state index is -4.11. The predicted octanol–water partition coefficient (Wildman–Crippen LogP) is 5.70. The van der Waals surface area contributed by atoms with Crippen LogP contribution >= 0.6 is 0 Å². The predicted molar refractivity (Wildman–Crippen MR) is 165 cm³/mol. The Kier molecular flexibility index (Phi) is 10.7. The number of sulfonamides is 1. The van der Waals surface area contributed by atoms with Crippen molar-refractivity contribution in [3.8, 4) is 0 Å². The molecule has 2 amide bonds. The van der Waals surface area contributed by atoms with E-state index in [4.69, 9.17) is 0 Å². The van der Waals surface area contributed by atoms with Crippen LogP contribution in [-0.2, 0) is 26.2 Å². The third kappa shape index (κ3) is 7.76. The SMILES string of the molecule is CCC(C(=O)NCC(C)C)N(Cc1ccccc1C)C(=O)CN(c1cccc(C)c1C)S(=O)(=O)c1ccc(C)cc1. The van der Waals surface area contributed by atoms with Crippen LogP contribution in [0.4, 0.5) is 5.69 Å². The minimum absolute atomic E-state index is 0.101. The number of amides is 2. The highest BCUT2D eigenvalue weighted by molar-refractivity contribution is 7.92. The molecular formula is C33H43N3O4S. The fourth-order valence-electron chi connectivity index (χ4n) is 4.67. The van der Waals surface area contributed by atoms with E-state index in [1.807, 2.05) is 78.8 Å². The number of anilines is 1. The Balaban J connectivity index is 2.10. The van der Waals surface area contributed by atoms with Crippen molar-refractivity contribution < 1.29 is 18.0 Å². The number of nitrogens with zero attached hydrogens (tertiary/aromatic N) is 2. The molecule has 0 saturated carbocycles. The van der Waals surface area contributed by atoms with E-state index in [-0.39, 0.29) is 23.3 Å². The molecule has 0 aromatic heterocycles. The van der Waals surface area contributed by atoms with Crippen molar-refractivity contribution in [2.45, 2.75) is 72.4 Å². The zero-order valence-electron chi connectivity index (χ0n) is 25.3. The molecule has 0 heterocycles. The van der Waals surface area contributed by atoms with Crippen molar-refractivity contribution in [1.82, 2.24) is 10.2 Å². The van der Waals surface area contributed by atoms with Gasteiger partial charge in [0, 0.05) is 13.1 Å². The van der Waals surface area contributed by atoms with E-state index in [9.17, 15) is 18.0 Å². The van der Waals surface area contributed by atoms with Gasteiger partial charge < -0.3 is 10.2 Å². The van der Waals surface area contributed by atoms with Gasteiger partial charge in [0.2, 0.25) is 11.8 Å². The topological polar surface area (TPSA) is 86.8 Å². The molecule has 0 aliphatic carbocycles. The molecule has 0 saturated heterocycles. The minimum Gasteiger partial charge on any atom is -0.354 e. The molecule has 1 atom stereocenters. The van der Waals surface area contributed by atoms with Gasteiger partial charge in [-0.3, -0.25) is 13.9 Å². The maximum absolute atomic E-state index is 14.3. The molecule has 8 heteroatoms. The van der Waals surface area contributed by atoms with Crippen LogP contribution in [0, 0.1) is 33.6 Å². The number of carbonyl (C=O) groups is 2. The Hall–Kier alpha value is -3.65. The molecule has 220 valence electrons. The summed E-state index contributed by atoms with van der Waals surface area (Å²) in [6.07, 6.45) is 0.385. The molecule has 3 rings (SSSR count). The number of rotatable bonds is 12. The summed E-state index contributed by atoms with van der Waals surface area (Å²) in [5.74, 6) is -0.449. The molecule has 7 nitrogen and oxygen atoms in total. The molecule has 1 N–H and O–H groups in total. The molecule has 1 unspecified atom stereocenters. The Bertz CT molecular complexity index is 1470. The van der Waals surface area contributed by atoms with Gasteiger partial charge in [-0.25, -0.2) is 8.42 Å². The second-order valence-corrected chi connectivity index (χ2v) is 12.9. The lowest BCUT2D eigenvalue weighted by molar-refractivity contribution is -0.140. The molecule has 0 spiro atoms. The van der Waals surface area contributed by atoms with Crippen molar-refractivity contribution in [1.29, 1.82) is 0 Å². The number of hydrogen-bond acceptors (Lipinski definition) is 4. The lowest BCUT2D eigenvalue weighted by Crippen LogP contribution is -2.52. The van der Waals surface area contributed by atoms with Gasteiger partial charge in [0.15, 0.2) is 0 Å². The number of aryl methyl sites for hydroxylation is 3. The number of benzene rings is 3. The van der Waals surface area contributed by atoms with Gasteiger partial charge >= 0.3 is 0 Å². The first-order chi connectivity index (χ1) is 19.4. The second kappa shape index (κ2) is 13.8. The summed E-state index contributed by atoms with van der Waals surface area (Å²) in [4.78, 5) is 29.3. The normalized spacial score (nSPS) is 12.2. The molecule has 41 heavy (non-hydrogen) atoms. The molecule has 0 fully saturated rings. The van der Waals surface area contributed by atoms with E-state index in [1.54, 1.807) is 36.4 Å². The standard InChI is InChI=1S/C33H43N3O4S/c1-8-30(33(38)34-20-23(2)3)35(21-28-14-10-9-12-26(28)6)32(37)22-36(31-15-11-13-25(5)27(31)7)41(39,40)29-18-16-24(4)17-19-29/h9-19,23,30H,8,20-22H2,1-7H3,(H,34,38). The summed E-state index contributed by atoms with van der Waals surface area (Å²) in [6, 6.07) is 19.0. The fourth-order valence-corrected chi connectivity index (χ4v) is 6.14. The van der Waals surface area contributed by atoms with Crippen LogP contribution in [0.3, 0.4) is 0 Å². The van der Waals surface area contributed by atoms with E-state index in [2.05, 4.69) is 5.32 Å². The van der Waals surface area contributed by atoms with Crippen LogP contribution < -0.4 is 9.62 Å². The van der Waals surface area contributed by atoms with E-state index >= 15 is 0 Å². The highest BCUT2D eigenvalue weighted by Crippen LogP contribution is 2.29. The average Bonchev–Trinajstić information content (AvgIpc) is 2.93. The Labute approximate surface area is 245 Å². The van der Waals surface area contributed by atoms with Gasteiger partial charge in [-0.15, -0.1) is 0 Å². The van der Waals surface area contributed by atoms with E-state index < -0.39 is 28.5 Å². The molecule has 0 aliphatic heterocycles. The number of carbonyl (C=O) groups excluding carboxylic acids is 2. The van der Waals surface area contributed by atoms with E-state index in [1.165, 1.54) is 9.21 Å². The van der Waals surface area contributed by atoms with E-state index in [0.29, 0.717) is 18.7 Å². The Morgan fingerprint density at radius 1 is 0.854 bits per heavy atom. The van der Waals surface area contributed by atoms with Crippen LogP contribution in [0.5, 0.6) is 0 Å². The van der Waals surface area contributed by atoms with Crippen molar-refractivity contribution in [3.63, 3.8) is 0 Å². The first kappa shape index (κ1) is 31.9. The van der Waals surface area contributed by atoms with Crippen LogP contribution in [0.15, 0.2) is 71.6 Å². The van der Waals surface area contributed by atoms with Crippen LogP contribution in [-0.4, -0.2) is 44.3 Å². The summed E-state index contributed by atoms with van der Waals surface area (Å²) in [5, 5.41) is 2.97. The van der Waals surface area contributed by atoms with Gasteiger partial charge in [0.25, 0.3) is 10.0 Å².